The van der Waals surface area contributed by atoms with Crippen molar-refractivity contribution in [3.63, 3.8) is 0 Å². The lowest BCUT2D eigenvalue weighted by molar-refractivity contribution is -0.133. The van der Waals surface area contributed by atoms with Crippen LogP contribution in [0.3, 0.4) is 0 Å². The number of carbonyl (C=O) groups excluding carboxylic acids is 1. The lowest BCUT2D eigenvalue weighted by Crippen LogP contribution is -2.41. The van der Waals surface area contributed by atoms with Gasteiger partial charge in [0.05, 0.1) is 6.33 Å². The number of likely N-dealkylation sites (tertiary alicyclic amines) is 1. The number of halogens is 1. The van der Waals surface area contributed by atoms with Crippen molar-refractivity contribution in [1.29, 1.82) is 0 Å². The number of hydrogen-bond donors (Lipinski definition) is 0. The Bertz CT molecular complexity index is 641. The number of rotatable bonds is 5. The van der Waals surface area contributed by atoms with Gasteiger partial charge in [-0.1, -0.05) is 29.8 Å². The molecule has 23 heavy (non-hydrogen) atoms. The summed E-state index contributed by atoms with van der Waals surface area (Å²) in [5.74, 6) is 0.752. The van der Waals surface area contributed by atoms with E-state index in [2.05, 4.69) is 9.55 Å². The van der Waals surface area contributed by atoms with Crippen LogP contribution in [0.15, 0.2) is 43.0 Å². The summed E-state index contributed by atoms with van der Waals surface area (Å²) in [6.07, 6.45) is 9.12. The Morgan fingerprint density at radius 1 is 1.35 bits per heavy atom. The Labute approximate surface area is 142 Å². The monoisotopic (exact) mass is 331 g/mol. The molecule has 1 amide bonds. The predicted molar refractivity (Wildman–Crippen MR) is 91.3 cm³/mol. The molecule has 1 aromatic carbocycles. The molecule has 5 heteroatoms. The van der Waals surface area contributed by atoms with Gasteiger partial charge < -0.3 is 9.47 Å². The number of carbonyl (C=O) groups is 1. The smallest absolute Gasteiger partial charge is 0.222 e. The number of piperidine rings is 1. The first kappa shape index (κ1) is 16.1. The first-order chi connectivity index (χ1) is 11.2. The summed E-state index contributed by atoms with van der Waals surface area (Å²) in [6, 6.07) is 7.75. The molecule has 0 spiro atoms. The maximum atomic E-state index is 12.5. The van der Waals surface area contributed by atoms with Gasteiger partial charge in [0.15, 0.2) is 0 Å². The highest BCUT2D eigenvalue weighted by molar-refractivity contribution is 6.31. The van der Waals surface area contributed by atoms with Crippen molar-refractivity contribution >= 4 is 17.5 Å². The standard InChI is InChI=1S/C18H22ClN3O/c19-17-6-2-1-5-16(17)7-8-18(23)22-10-3-4-15(13-22)12-21-11-9-20-14-21/h1-2,5-6,9,11,14-15H,3-4,7-8,10,12-13H2/t15-/m0/s1. The quantitative estimate of drug-likeness (QED) is 0.842. The third-order valence-corrected chi connectivity index (χ3v) is 4.83. The number of imidazole rings is 1. The number of nitrogens with zero attached hydrogens (tertiary/aromatic N) is 3. The zero-order valence-corrected chi connectivity index (χ0v) is 14.0. The van der Waals surface area contributed by atoms with E-state index in [1.165, 1.54) is 6.42 Å². The summed E-state index contributed by atoms with van der Waals surface area (Å²) in [5.41, 5.74) is 1.05. The number of amides is 1. The van der Waals surface area contributed by atoms with Gasteiger partial charge in [0.25, 0.3) is 0 Å². The van der Waals surface area contributed by atoms with Crippen molar-refractivity contribution in [2.45, 2.75) is 32.2 Å². The fourth-order valence-electron chi connectivity index (χ4n) is 3.23. The third kappa shape index (κ3) is 4.35. The third-order valence-electron chi connectivity index (χ3n) is 4.47. The topological polar surface area (TPSA) is 38.1 Å². The van der Waals surface area contributed by atoms with Crippen molar-refractivity contribution in [3.8, 4) is 0 Å². The molecule has 2 aromatic rings. The Morgan fingerprint density at radius 3 is 3.00 bits per heavy atom. The molecule has 1 atom stereocenters. The van der Waals surface area contributed by atoms with Crippen LogP contribution in [-0.2, 0) is 17.8 Å². The second kappa shape index (κ2) is 7.64. The molecular weight excluding hydrogens is 310 g/mol. The molecule has 0 unspecified atom stereocenters. The lowest BCUT2D eigenvalue weighted by atomic mass is 9.97. The van der Waals surface area contributed by atoms with E-state index >= 15 is 0 Å². The van der Waals surface area contributed by atoms with E-state index in [0.29, 0.717) is 18.8 Å². The molecule has 0 radical (unpaired) electrons. The molecule has 3 rings (SSSR count). The fourth-order valence-corrected chi connectivity index (χ4v) is 3.46. The molecule has 122 valence electrons. The number of benzene rings is 1. The van der Waals surface area contributed by atoms with E-state index in [9.17, 15) is 4.79 Å². The van der Waals surface area contributed by atoms with Gasteiger partial charge >= 0.3 is 0 Å². The van der Waals surface area contributed by atoms with Crippen LogP contribution in [0.5, 0.6) is 0 Å². The Hall–Kier alpha value is -1.81. The predicted octanol–water partition coefficient (Wildman–Crippen LogP) is 3.41. The Balaban J connectivity index is 1.51. The number of hydrogen-bond acceptors (Lipinski definition) is 2. The van der Waals surface area contributed by atoms with Gasteiger partial charge in [0, 0.05) is 43.5 Å². The van der Waals surface area contributed by atoms with Gasteiger partial charge in [0.2, 0.25) is 5.91 Å². The average Bonchev–Trinajstić information content (AvgIpc) is 3.07. The van der Waals surface area contributed by atoms with Crippen molar-refractivity contribution in [2.24, 2.45) is 5.92 Å². The summed E-state index contributed by atoms with van der Waals surface area (Å²) in [5, 5.41) is 0.747. The minimum atomic E-state index is 0.236. The molecule has 1 aliphatic heterocycles. The van der Waals surface area contributed by atoms with Crippen LogP contribution in [0.4, 0.5) is 0 Å². The summed E-state index contributed by atoms with van der Waals surface area (Å²) in [7, 11) is 0. The Morgan fingerprint density at radius 2 is 2.22 bits per heavy atom. The van der Waals surface area contributed by atoms with Crippen LogP contribution in [0, 0.1) is 5.92 Å². The normalized spacial score (nSPS) is 18.1. The molecular formula is C18H22ClN3O. The maximum absolute atomic E-state index is 12.5. The lowest BCUT2D eigenvalue weighted by Gasteiger charge is -2.33. The molecule has 4 nitrogen and oxygen atoms in total. The minimum absolute atomic E-state index is 0.236. The van der Waals surface area contributed by atoms with E-state index in [0.717, 1.165) is 36.6 Å². The molecule has 0 aliphatic carbocycles. The zero-order chi connectivity index (χ0) is 16.1. The van der Waals surface area contributed by atoms with Crippen molar-refractivity contribution < 1.29 is 4.79 Å². The van der Waals surface area contributed by atoms with E-state index in [1.807, 2.05) is 41.7 Å². The van der Waals surface area contributed by atoms with E-state index in [1.54, 1.807) is 6.20 Å². The highest BCUT2D eigenvalue weighted by Gasteiger charge is 2.23. The summed E-state index contributed by atoms with van der Waals surface area (Å²) < 4.78 is 2.10. The second-order valence-corrected chi connectivity index (χ2v) is 6.61. The summed E-state index contributed by atoms with van der Waals surface area (Å²) in [4.78, 5) is 18.6. The minimum Gasteiger partial charge on any atom is -0.342 e. The molecule has 1 aromatic heterocycles. The van der Waals surface area contributed by atoms with Gasteiger partial charge in [-0.25, -0.2) is 4.98 Å². The fraction of sp³-hybridized carbons (Fsp3) is 0.444. The van der Waals surface area contributed by atoms with E-state index in [4.69, 9.17) is 11.6 Å². The van der Waals surface area contributed by atoms with E-state index < -0.39 is 0 Å². The number of aryl methyl sites for hydroxylation is 1. The second-order valence-electron chi connectivity index (χ2n) is 6.20. The highest BCUT2D eigenvalue weighted by Crippen LogP contribution is 2.21. The van der Waals surface area contributed by atoms with Crippen LogP contribution < -0.4 is 0 Å². The molecule has 1 aliphatic rings. The van der Waals surface area contributed by atoms with Gasteiger partial charge in [-0.15, -0.1) is 0 Å². The van der Waals surface area contributed by atoms with Gasteiger partial charge in [0.1, 0.15) is 0 Å². The molecule has 2 heterocycles. The van der Waals surface area contributed by atoms with Crippen molar-refractivity contribution in [2.75, 3.05) is 13.1 Å². The van der Waals surface area contributed by atoms with Crippen molar-refractivity contribution in [1.82, 2.24) is 14.5 Å². The highest BCUT2D eigenvalue weighted by atomic mass is 35.5. The summed E-state index contributed by atoms with van der Waals surface area (Å²) in [6.45, 7) is 2.66. The molecule has 0 bridgehead atoms. The van der Waals surface area contributed by atoms with Crippen LogP contribution in [-0.4, -0.2) is 33.4 Å². The van der Waals surface area contributed by atoms with Crippen LogP contribution >= 0.6 is 11.6 Å². The van der Waals surface area contributed by atoms with Gasteiger partial charge in [-0.2, -0.15) is 0 Å². The van der Waals surface area contributed by atoms with Crippen LogP contribution in [0.2, 0.25) is 5.02 Å². The Kier molecular flexibility index (Phi) is 5.34. The maximum Gasteiger partial charge on any atom is 0.222 e. The molecule has 0 saturated carbocycles. The number of aromatic nitrogens is 2. The van der Waals surface area contributed by atoms with Crippen LogP contribution in [0.25, 0.3) is 0 Å². The molecule has 1 saturated heterocycles. The average molecular weight is 332 g/mol. The molecule has 1 fully saturated rings. The SMILES string of the molecule is O=C(CCc1ccccc1Cl)N1CCC[C@@H](Cn2ccnc2)C1. The zero-order valence-electron chi connectivity index (χ0n) is 13.2. The van der Waals surface area contributed by atoms with Crippen molar-refractivity contribution in [3.05, 3.63) is 53.6 Å². The first-order valence-electron chi connectivity index (χ1n) is 8.19. The first-order valence-corrected chi connectivity index (χ1v) is 8.57. The largest absolute Gasteiger partial charge is 0.342 e. The van der Waals surface area contributed by atoms with Crippen LogP contribution in [0.1, 0.15) is 24.8 Å². The van der Waals surface area contributed by atoms with Gasteiger partial charge in [-0.05, 0) is 36.8 Å². The van der Waals surface area contributed by atoms with E-state index in [-0.39, 0.29) is 5.91 Å². The van der Waals surface area contributed by atoms with Gasteiger partial charge in [-0.3, -0.25) is 4.79 Å². The molecule has 0 N–H and O–H groups in total. The summed E-state index contributed by atoms with van der Waals surface area (Å²) >= 11 is 6.16.